The summed E-state index contributed by atoms with van der Waals surface area (Å²) < 4.78 is 5.15. The lowest BCUT2D eigenvalue weighted by atomic mass is 9.89. The monoisotopic (exact) mass is 335 g/mol. The molecule has 2 aromatic rings. The summed E-state index contributed by atoms with van der Waals surface area (Å²) in [6.45, 7) is 6.12. The van der Waals surface area contributed by atoms with E-state index in [1.54, 1.807) is 0 Å². The van der Waals surface area contributed by atoms with Crippen molar-refractivity contribution < 1.29 is 14.3 Å². The predicted molar refractivity (Wildman–Crippen MR) is 96.0 cm³/mol. The highest BCUT2D eigenvalue weighted by atomic mass is 16.6. The zero-order valence-electron chi connectivity index (χ0n) is 14.2. The number of hydrogen-bond donors (Lipinski definition) is 0. The first-order valence-corrected chi connectivity index (χ1v) is 8.32. The maximum absolute atomic E-state index is 12.9. The Kier molecular flexibility index (Phi) is 4.98. The molecule has 0 N–H and O–H groups in total. The first-order chi connectivity index (χ1) is 12.1. The fraction of sp³-hybridized carbons (Fsp3) is 0.238. The smallest absolute Gasteiger partial charge is 0.417 e. The van der Waals surface area contributed by atoms with Crippen molar-refractivity contribution in [2.45, 2.75) is 25.3 Å². The SMILES string of the molecule is C=C(C)[C@@H](CC(=O)N1C(=O)OC[C@@H]1c1ccccc1)c1ccccc1. The lowest BCUT2D eigenvalue weighted by molar-refractivity contribution is -0.129. The van der Waals surface area contributed by atoms with Gasteiger partial charge in [0.1, 0.15) is 12.6 Å². The van der Waals surface area contributed by atoms with Crippen LogP contribution in [-0.2, 0) is 9.53 Å². The van der Waals surface area contributed by atoms with Gasteiger partial charge in [0.2, 0.25) is 5.91 Å². The largest absolute Gasteiger partial charge is 0.446 e. The van der Waals surface area contributed by atoms with Crippen LogP contribution in [0.15, 0.2) is 72.8 Å². The molecule has 3 rings (SSSR count). The number of hydrogen-bond acceptors (Lipinski definition) is 3. The Bertz CT molecular complexity index is 770. The topological polar surface area (TPSA) is 46.6 Å². The van der Waals surface area contributed by atoms with Crippen LogP contribution in [-0.4, -0.2) is 23.5 Å². The second-order valence-corrected chi connectivity index (χ2v) is 6.28. The van der Waals surface area contributed by atoms with Crippen LogP contribution in [0.2, 0.25) is 0 Å². The zero-order valence-corrected chi connectivity index (χ0v) is 14.2. The van der Waals surface area contributed by atoms with Gasteiger partial charge in [0.05, 0.1) is 0 Å². The summed E-state index contributed by atoms with van der Waals surface area (Å²) in [4.78, 5) is 26.3. The van der Waals surface area contributed by atoms with E-state index in [1.165, 1.54) is 4.90 Å². The summed E-state index contributed by atoms with van der Waals surface area (Å²) in [6.07, 6.45) is -0.384. The summed E-state index contributed by atoms with van der Waals surface area (Å²) >= 11 is 0. The molecule has 1 heterocycles. The number of nitrogens with zero attached hydrogens (tertiary/aromatic N) is 1. The molecule has 1 fully saturated rings. The van der Waals surface area contributed by atoms with Crippen LogP contribution in [0.25, 0.3) is 0 Å². The van der Waals surface area contributed by atoms with Gasteiger partial charge in [0, 0.05) is 12.3 Å². The number of imide groups is 1. The van der Waals surface area contributed by atoms with Crippen LogP contribution in [0.4, 0.5) is 4.79 Å². The van der Waals surface area contributed by atoms with Gasteiger partial charge in [0.15, 0.2) is 0 Å². The van der Waals surface area contributed by atoms with E-state index >= 15 is 0 Å². The molecular weight excluding hydrogens is 314 g/mol. The molecule has 1 saturated heterocycles. The highest BCUT2D eigenvalue weighted by Crippen LogP contribution is 2.32. The average molecular weight is 335 g/mol. The highest BCUT2D eigenvalue weighted by molar-refractivity contribution is 5.94. The number of carbonyl (C=O) groups is 2. The zero-order chi connectivity index (χ0) is 17.8. The lowest BCUT2D eigenvalue weighted by Gasteiger charge is -2.23. The molecule has 1 aliphatic heterocycles. The molecule has 0 radical (unpaired) electrons. The van der Waals surface area contributed by atoms with Crippen LogP contribution in [0.1, 0.15) is 36.4 Å². The van der Waals surface area contributed by atoms with Gasteiger partial charge in [-0.3, -0.25) is 4.79 Å². The molecule has 0 bridgehead atoms. The van der Waals surface area contributed by atoms with E-state index in [9.17, 15) is 9.59 Å². The normalized spacial score (nSPS) is 17.9. The van der Waals surface area contributed by atoms with Crippen LogP contribution >= 0.6 is 0 Å². The van der Waals surface area contributed by atoms with Gasteiger partial charge in [-0.1, -0.05) is 72.8 Å². The minimum Gasteiger partial charge on any atom is -0.446 e. The summed E-state index contributed by atoms with van der Waals surface area (Å²) in [5, 5.41) is 0. The molecule has 4 nitrogen and oxygen atoms in total. The van der Waals surface area contributed by atoms with Crippen LogP contribution in [0.5, 0.6) is 0 Å². The van der Waals surface area contributed by atoms with Crippen molar-refractivity contribution in [3.63, 3.8) is 0 Å². The third-order valence-corrected chi connectivity index (χ3v) is 4.50. The van der Waals surface area contributed by atoms with Crippen LogP contribution < -0.4 is 0 Å². The molecule has 0 saturated carbocycles. The van der Waals surface area contributed by atoms with Gasteiger partial charge in [-0.2, -0.15) is 0 Å². The molecular formula is C21H21NO3. The Labute approximate surface area is 147 Å². The molecule has 0 spiro atoms. The number of cyclic esters (lactones) is 1. The van der Waals surface area contributed by atoms with Crippen LogP contribution in [0, 0.1) is 0 Å². The Morgan fingerprint density at radius 1 is 1.16 bits per heavy atom. The Morgan fingerprint density at radius 2 is 1.76 bits per heavy atom. The maximum atomic E-state index is 12.9. The number of rotatable bonds is 5. The fourth-order valence-corrected chi connectivity index (χ4v) is 3.15. The third-order valence-electron chi connectivity index (χ3n) is 4.50. The summed E-state index contributed by atoms with van der Waals surface area (Å²) in [7, 11) is 0. The summed E-state index contributed by atoms with van der Waals surface area (Å²) in [5.41, 5.74) is 2.81. The molecule has 4 heteroatoms. The lowest BCUT2D eigenvalue weighted by Crippen LogP contribution is -2.35. The van der Waals surface area contributed by atoms with Gasteiger partial charge in [0.25, 0.3) is 0 Å². The van der Waals surface area contributed by atoms with Crippen molar-refractivity contribution in [3.05, 3.63) is 83.9 Å². The predicted octanol–water partition coefficient (Wildman–Crippen LogP) is 4.46. The van der Waals surface area contributed by atoms with Crippen molar-refractivity contribution in [1.29, 1.82) is 0 Å². The number of allylic oxidation sites excluding steroid dienone is 1. The number of ether oxygens (including phenoxy) is 1. The Balaban J connectivity index is 1.83. The third kappa shape index (κ3) is 3.63. The van der Waals surface area contributed by atoms with E-state index in [0.29, 0.717) is 0 Å². The molecule has 128 valence electrons. The first-order valence-electron chi connectivity index (χ1n) is 8.32. The van der Waals surface area contributed by atoms with Crippen molar-refractivity contribution in [2.75, 3.05) is 6.61 Å². The quantitative estimate of drug-likeness (QED) is 0.758. The van der Waals surface area contributed by atoms with Crippen LogP contribution in [0.3, 0.4) is 0 Å². The molecule has 1 aliphatic rings. The minimum absolute atomic E-state index is 0.126. The van der Waals surface area contributed by atoms with Gasteiger partial charge >= 0.3 is 6.09 Å². The average Bonchev–Trinajstić information content (AvgIpc) is 3.02. The molecule has 0 aromatic heterocycles. The van der Waals surface area contributed by atoms with E-state index in [-0.39, 0.29) is 30.9 Å². The number of benzene rings is 2. The summed E-state index contributed by atoms with van der Waals surface area (Å²) in [6, 6.07) is 18.9. The van der Waals surface area contributed by atoms with E-state index < -0.39 is 6.09 Å². The molecule has 2 atom stereocenters. The molecule has 2 aromatic carbocycles. The molecule has 2 amide bonds. The van der Waals surface area contributed by atoms with E-state index in [4.69, 9.17) is 4.74 Å². The van der Waals surface area contributed by atoms with Gasteiger partial charge in [-0.25, -0.2) is 9.69 Å². The molecule has 0 unspecified atom stereocenters. The van der Waals surface area contributed by atoms with Gasteiger partial charge in [-0.15, -0.1) is 0 Å². The maximum Gasteiger partial charge on any atom is 0.417 e. The Morgan fingerprint density at radius 3 is 2.36 bits per heavy atom. The van der Waals surface area contributed by atoms with E-state index in [2.05, 4.69) is 6.58 Å². The fourth-order valence-electron chi connectivity index (χ4n) is 3.15. The second-order valence-electron chi connectivity index (χ2n) is 6.28. The van der Waals surface area contributed by atoms with Crippen molar-refractivity contribution in [2.24, 2.45) is 0 Å². The van der Waals surface area contributed by atoms with Crippen molar-refractivity contribution in [1.82, 2.24) is 4.90 Å². The van der Waals surface area contributed by atoms with E-state index in [1.807, 2.05) is 67.6 Å². The van der Waals surface area contributed by atoms with Crippen molar-refractivity contribution in [3.8, 4) is 0 Å². The number of carbonyl (C=O) groups excluding carboxylic acids is 2. The number of amides is 2. The summed E-state index contributed by atoms with van der Waals surface area (Å²) in [5.74, 6) is -0.369. The van der Waals surface area contributed by atoms with Crippen molar-refractivity contribution >= 4 is 12.0 Å². The standard InChI is InChI=1S/C21H21NO3/c1-15(2)18(16-9-5-3-6-10-16)13-20(23)22-19(14-25-21(22)24)17-11-7-4-8-12-17/h3-12,18-19H,1,13-14H2,2H3/t18-,19-/m1/s1. The molecule has 25 heavy (non-hydrogen) atoms. The van der Waals surface area contributed by atoms with Gasteiger partial charge < -0.3 is 4.74 Å². The molecule has 0 aliphatic carbocycles. The van der Waals surface area contributed by atoms with E-state index in [0.717, 1.165) is 16.7 Å². The van der Waals surface area contributed by atoms with Gasteiger partial charge in [-0.05, 0) is 18.1 Å². The minimum atomic E-state index is -0.576. The Hall–Kier alpha value is -2.88. The highest BCUT2D eigenvalue weighted by Gasteiger charge is 2.39. The second kappa shape index (κ2) is 7.34. The first kappa shape index (κ1) is 17.0.